The Balaban J connectivity index is 1.20. The number of hydrogen-bond acceptors (Lipinski definition) is 10. The fraction of sp³-hybridized carbons (Fsp3) is 0.353. The molecule has 2 aliphatic rings. The third kappa shape index (κ3) is 7.52. The van der Waals surface area contributed by atoms with E-state index in [9.17, 15) is 9.59 Å². The van der Waals surface area contributed by atoms with E-state index in [1.54, 1.807) is 26.6 Å². The highest BCUT2D eigenvalue weighted by Gasteiger charge is 2.23. The highest BCUT2D eigenvalue weighted by atomic mass is 35.5. The molecule has 0 aliphatic carbocycles. The maximum Gasteiger partial charge on any atom is 0.237 e. The summed E-state index contributed by atoms with van der Waals surface area (Å²) in [5.74, 6) is 0.925. The maximum absolute atomic E-state index is 11.5. The topological polar surface area (TPSA) is 152 Å². The number of nitrogens with one attached hydrogen (secondary N) is 4. The summed E-state index contributed by atoms with van der Waals surface area (Å²) in [4.78, 5) is 41.6. The minimum absolute atomic E-state index is 0.0799. The molecule has 2 aliphatic heterocycles. The van der Waals surface area contributed by atoms with Gasteiger partial charge >= 0.3 is 0 Å². The van der Waals surface area contributed by atoms with E-state index in [1.807, 2.05) is 36.4 Å². The molecule has 2 amide bonds. The van der Waals surface area contributed by atoms with Gasteiger partial charge in [0.25, 0.3) is 0 Å². The number of carbonyl (C=O) groups excluding carboxylic acids is 2. The highest BCUT2D eigenvalue weighted by Crippen LogP contribution is 2.42. The van der Waals surface area contributed by atoms with E-state index in [0.29, 0.717) is 106 Å². The number of benzene rings is 2. The van der Waals surface area contributed by atoms with E-state index in [4.69, 9.17) is 42.6 Å². The van der Waals surface area contributed by atoms with E-state index in [-0.39, 0.29) is 23.9 Å². The van der Waals surface area contributed by atoms with Crippen LogP contribution < -0.4 is 30.7 Å². The van der Waals surface area contributed by atoms with Crippen molar-refractivity contribution in [3.8, 4) is 45.4 Å². The van der Waals surface area contributed by atoms with Crippen molar-refractivity contribution in [3.05, 3.63) is 70.2 Å². The van der Waals surface area contributed by atoms with E-state index < -0.39 is 0 Å². The molecule has 4 heterocycles. The van der Waals surface area contributed by atoms with Crippen LogP contribution in [0.1, 0.15) is 37.1 Å². The van der Waals surface area contributed by atoms with Gasteiger partial charge in [0, 0.05) is 73.4 Å². The molecular formula is C34H36Cl2N8O4. The molecule has 2 atom stereocenters. The smallest absolute Gasteiger partial charge is 0.237 e. The van der Waals surface area contributed by atoms with Gasteiger partial charge < -0.3 is 30.7 Å². The summed E-state index contributed by atoms with van der Waals surface area (Å²) in [5.41, 5.74) is 5.16. The summed E-state index contributed by atoms with van der Waals surface area (Å²) < 4.78 is 11.1. The highest BCUT2D eigenvalue weighted by molar-refractivity contribution is 6.39. The number of amides is 2. The molecule has 0 radical (unpaired) electrons. The molecular weight excluding hydrogens is 655 g/mol. The average Bonchev–Trinajstić information content (AvgIpc) is 3.72. The van der Waals surface area contributed by atoms with Crippen LogP contribution >= 0.6 is 23.2 Å². The largest absolute Gasteiger partial charge is 0.480 e. The van der Waals surface area contributed by atoms with Gasteiger partial charge in [-0.3, -0.25) is 19.6 Å². The number of aromatic nitrogens is 4. The lowest BCUT2D eigenvalue weighted by Crippen LogP contribution is -2.35. The first kappa shape index (κ1) is 33.5. The molecule has 2 fully saturated rings. The normalized spacial score (nSPS) is 17.3. The van der Waals surface area contributed by atoms with Gasteiger partial charge in [0.15, 0.2) is 0 Å². The Hall–Kier alpha value is -4.36. The summed E-state index contributed by atoms with van der Waals surface area (Å²) in [6, 6.07) is 11.5. The summed E-state index contributed by atoms with van der Waals surface area (Å²) in [5, 5.41) is 13.5. The first-order valence-corrected chi connectivity index (χ1v) is 16.5. The summed E-state index contributed by atoms with van der Waals surface area (Å²) in [6.45, 7) is 2.14. The molecule has 0 saturated carbocycles. The number of ether oxygens (including phenoxy) is 2. The predicted octanol–water partition coefficient (Wildman–Crippen LogP) is 4.33. The van der Waals surface area contributed by atoms with Gasteiger partial charge in [0.2, 0.25) is 23.6 Å². The monoisotopic (exact) mass is 690 g/mol. The second-order valence-electron chi connectivity index (χ2n) is 11.6. The van der Waals surface area contributed by atoms with Crippen molar-refractivity contribution in [2.45, 2.75) is 50.9 Å². The number of nitrogens with zero attached hydrogens (tertiary/aromatic N) is 4. The number of halogens is 2. The first-order valence-electron chi connectivity index (χ1n) is 15.7. The zero-order valence-electron chi connectivity index (χ0n) is 26.6. The predicted molar refractivity (Wildman–Crippen MR) is 183 cm³/mol. The van der Waals surface area contributed by atoms with Crippen molar-refractivity contribution < 1.29 is 19.1 Å². The van der Waals surface area contributed by atoms with Crippen LogP contribution in [0.4, 0.5) is 0 Å². The first-order chi connectivity index (χ1) is 23.3. The van der Waals surface area contributed by atoms with Crippen molar-refractivity contribution in [1.29, 1.82) is 0 Å². The quantitative estimate of drug-likeness (QED) is 0.160. The number of methoxy groups -OCH3 is 2. The minimum Gasteiger partial charge on any atom is -0.480 e. The van der Waals surface area contributed by atoms with Crippen LogP contribution in [0.3, 0.4) is 0 Å². The molecule has 2 saturated heterocycles. The van der Waals surface area contributed by atoms with Crippen LogP contribution in [0.15, 0.2) is 48.8 Å². The van der Waals surface area contributed by atoms with Gasteiger partial charge in [-0.2, -0.15) is 0 Å². The van der Waals surface area contributed by atoms with Gasteiger partial charge in [0.05, 0.1) is 48.0 Å². The van der Waals surface area contributed by atoms with Crippen LogP contribution in [0.2, 0.25) is 10.0 Å². The maximum atomic E-state index is 11.5. The number of hydrogen-bond donors (Lipinski definition) is 4. The number of rotatable bonds is 13. The van der Waals surface area contributed by atoms with Crippen LogP contribution in [-0.2, 0) is 22.7 Å². The van der Waals surface area contributed by atoms with Crippen molar-refractivity contribution >= 4 is 35.0 Å². The van der Waals surface area contributed by atoms with Gasteiger partial charge in [-0.05, 0) is 12.8 Å². The Bertz CT molecular complexity index is 1690. The van der Waals surface area contributed by atoms with Crippen LogP contribution in [0.5, 0.6) is 11.8 Å². The standard InChI is InChI=1S/C34H36Cl2N8O4/c1-47-33-27(15-37-13-19-9-11-29(45)41-19)39-17-25(43-33)23-7-3-5-21(31(23)35)22-6-4-8-24(32(22)36)26-18-40-28(34(44-26)48-2)16-38-14-20-10-12-30(46)42-20/h3-8,17-20,37-38H,9-16H2,1-2H3,(H,41,45)(H,42,46). The van der Waals surface area contributed by atoms with Crippen molar-refractivity contribution in [1.82, 2.24) is 41.2 Å². The zero-order chi connectivity index (χ0) is 33.6. The van der Waals surface area contributed by atoms with Crippen LogP contribution in [0.25, 0.3) is 33.6 Å². The lowest BCUT2D eigenvalue weighted by Gasteiger charge is -2.15. The number of carbonyl (C=O) groups is 2. The van der Waals surface area contributed by atoms with Crippen molar-refractivity contribution in [3.63, 3.8) is 0 Å². The average molecular weight is 692 g/mol. The summed E-state index contributed by atoms with van der Waals surface area (Å²) >= 11 is 14.1. The summed E-state index contributed by atoms with van der Waals surface area (Å²) in [6.07, 6.45) is 6.07. The second kappa shape index (κ2) is 15.2. The Labute approximate surface area is 288 Å². The molecule has 4 N–H and O–H groups in total. The molecule has 2 aromatic carbocycles. The Morgan fingerprint density at radius 2 is 1.12 bits per heavy atom. The molecule has 0 bridgehead atoms. The molecule has 6 rings (SSSR count). The lowest BCUT2D eigenvalue weighted by atomic mass is 9.98. The van der Waals surface area contributed by atoms with E-state index in [2.05, 4.69) is 31.2 Å². The van der Waals surface area contributed by atoms with Gasteiger partial charge in [-0.15, -0.1) is 0 Å². The molecule has 12 nitrogen and oxygen atoms in total. The van der Waals surface area contributed by atoms with Gasteiger partial charge in [0.1, 0.15) is 11.4 Å². The lowest BCUT2D eigenvalue weighted by molar-refractivity contribution is -0.120. The van der Waals surface area contributed by atoms with E-state index in [1.165, 1.54) is 0 Å². The SMILES string of the molecule is COc1nc(-c2cccc(-c3cccc(-c4cnc(CNCC5CCC(=O)N5)c(OC)n4)c3Cl)c2Cl)cnc1CNCC1CCC(=O)N1. The molecule has 14 heteroatoms. The molecule has 4 aromatic rings. The molecule has 250 valence electrons. The van der Waals surface area contributed by atoms with Gasteiger partial charge in [-0.25, -0.2) is 9.97 Å². The van der Waals surface area contributed by atoms with E-state index in [0.717, 1.165) is 12.8 Å². The van der Waals surface area contributed by atoms with Crippen molar-refractivity contribution in [2.24, 2.45) is 0 Å². The second-order valence-corrected chi connectivity index (χ2v) is 12.4. The Morgan fingerprint density at radius 3 is 1.50 bits per heavy atom. The third-order valence-corrected chi connectivity index (χ3v) is 9.20. The van der Waals surface area contributed by atoms with Crippen LogP contribution in [0, 0.1) is 0 Å². The third-order valence-electron chi connectivity index (χ3n) is 8.39. The molecule has 2 unspecified atom stereocenters. The fourth-order valence-electron chi connectivity index (χ4n) is 5.89. The van der Waals surface area contributed by atoms with Gasteiger partial charge in [-0.1, -0.05) is 59.6 Å². The molecule has 48 heavy (non-hydrogen) atoms. The zero-order valence-corrected chi connectivity index (χ0v) is 28.1. The molecule has 0 spiro atoms. The Morgan fingerprint density at radius 1 is 0.708 bits per heavy atom. The van der Waals surface area contributed by atoms with Crippen molar-refractivity contribution in [2.75, 3.05) is 27.3 Å². The minimum atomic E-state index is 0.0799. The van der Waals surface area contributed by atoms with Crippen LogP contribution in [-0.4, -0.2) is 71.1 Å². The fourth-order valence-corrected chi connectivity index (χ4v) is 6.54. The Kier molecular flexibility index (Phi) is 10.7. The summed E-state index contributed by atoms with van der Waals surface area (Å²) in [7, 11) is 3.10. The molecule has 2 aromatic heterocycles. The van der Waals surface area contributed by atoms with E-state index >= 15 is 0 Å².